The average Bonchev–Trinajstić information content (AvgIpc) is 3.89. The van der Waals surface area contributed by atoms with E-state index in [0.717, 1.165) is 24.0 Å². The lowest BCUT2D eigenvalue weighted by atomic mass is 9.43. The van der Waals surface area contributed by atoms with Crippen LogP contribution in [0.5, 0.6) is 0 Å². The van der Waals surface area contributed by atoms with Gasteiger partial charge in [-0.1, -0.05) is 150 Å². The van der Waals surface area contributed by atoms with Crippen LogP contribution in [-0.2, 0) is 27.1 Å². The van der Waals surface area contributed by atoms with Gasteiger partial charge in [-0.05, 0) is 138 Å². The SMILES string of the molecule is CC(C)(C)c1ccc(N2B3c4cc5c(cc4-n4c6ccc(C(C)(C)C)cc6c6c7c(oc8ccccc87)c(c3c64)-c3cc4c(cc32)C(C)(C)CCC4(C)C)C(C)(C)c2ccccc2-5)cc1. The summed E-state index contributed by atoms with van der Waals surface area (Å²) in [5.41, 5.74) is 24.5. The van der Waals surface area contributed by atoms with E-state index >= 15 is 0 Å². The Labute approximate surface area is 384 Å². The molecular formula is C61H59BN2O. The van der Waals surface area contributed by atoms with Gasteiger partial charge >= 0.3 is 6.85 Å². The van der Waals surface area contributed by atoms with Crippen LogP contribution in [0.2, 0.25) is 0 Å². The molecule has 2 aliphatic carbocycles. The summed E-state index contributed by atoms with van der Waals surface area (Å²) < 4.78 is 10.1. The van der Waals surface area contributed by atoms with Crippen LogP contribution in [0.4, 0.5) is 11.4 Å². The van der Waals surface area contributed by atoms with E-state index in [9.17, 15) is 0 Å². The fourth-order valence-corrected chi connectivity index (χ4v) is 12.9. The summed E-state index contributed by atoms with van der Waals surface area (Å²) in [5, 5.41) is 5.00. The normalized spacial score (nSPS) is 17.4. The van der Waals surface area contributed by atoms with Gasteiger partial charge in [0.15, 0.2) is 0 Å². The minimum absolute atomic E-state index is 0.0237. The molecule has 4 heterocycles. The molecule has 0 saturated carbocycles. The quantitative estimate of drug-likeness (QED) is 0.154. The number of rotatable bonds is 1. The Bertz CT molecular complexity index is 3600. The first-order valence-electron chi connectivity index (χ1n) is 24.1. The molecule has 2 aliphatic heterocycles. The van der Waals surface area contributed by atoms with Crippen molar-refractivity contribution in [2.75, 3.05) is 4.81 Å². The topological polar surface area (TPSA) is 21.3 Å². The highest BCUT2D eigenvalue weighted by molar-refractivity contribution is 6.94. The van der Waals surface area contributed by atoms with Crippen molar-refractivity contribution in [3.63, 3.8) is 0 Å². The molecule has 0 unspecified atom stereocenters. The second kappa shape index (κ2) is 12.3. The Hall–Kier alpha value is -6.00. The standard InChI is InChI=1S/C61H59BN2O/c1-57(2,3)34-21-24-36(25-22-34)64-48-33-45-44(59(7,8)27-28-60(45,9)10)30-41(48)53-54-55-51(52-38-18-14-16-20-50(38)65-56(52)53)40-29-35(58(4,5)6)23-26-47(40)63(55)49-32-43-39(31-46(49)62(54)64)37-17-13-15-19-42(37)61(43,11)12/h13-26,29-33H,27-28H2,1-12H3. The molecule has 0 radical (unpaired) electrons. The van der Waals surface area contributed by atoms with Crippen LogP contribution in [0, 0.1) is 0 Å². The highest BCUT2D eigenvalue weighted by atomic mass is 16.3. The zero-order valence-corrected chi connectivity index (χ0v) is 40.3. The van der Waals surface area contributed by atoms with Crippen molar-refractivity contribution in [3.8, 4) is 27.9 Å². The Morgan fingerprint density at radius 3 is 1.92 bits per heavy atom. The predicted octanol–water partition coefficient (Wildman–Crippen LogP) is 15.2. The van der Waals surface area contributed by atoms with E-state index < -0.39 is 0 Å². The third-order valence-electron chi connectivity index (χ3n) is 16.7. The number of para-hydroxylation sites is 1. The van der Waals surface area contributed by atoms with E-state index in [0.29, 0.717) is 0 Å². The van der Waals surface area contributed by atoms with Crippen molar-refractivity contribution < 1.29 is 4.42 Å². The third-order valence-corrected chi connectivity index (χ3v) is 16.7. The molecule has 9 aromatic rings. The number of nitrogens with zero attached hydrogens (tertiary/aromatic N) is 2. The van der Waals surface area contributed by atoms with E-state index in [1.165, 1.54) is 116 Å². The van der Waals surface area contributed by atoms with Crippen molar-refractivity contribution in [1.29, 1.82) is 0 Å². The van der Waals surface area contributed by atoms with Gasteiger partial charge in [-0.15, -0.1) is 0 Å². The molecule has 0 atom stereocenters. The summed E-state index contributed by atoms with van der Waals surface area (Å²) in [6, 6.07) is 45.2. The molecule has 0 spiro atoms. The largest absolute Gasteiger partial charge is 0.455 e. The molecule has 13 rings (SSSR count). The van der Waals surface area contributed by atoms with E-state index in [1.54, 1.807) is 0 Å². The number of aromatic nitrogens is 1. The highest BCUT2D eigenvalue weighted by Crippen LogP contribution is 2.56. The number of benzene rings is 7. The van der Waals surface area contributed by atoms with Crippen LogP contribution in [0.25, 0.3) is 71.7 Å². The monoisotopic (exact) mass is 846 g/mol. The summed E-state index contributed by atoms with van der Waals surface area (Å²) in [5.74, 6) is 0. The van der Waals surface area contributed by atoms with Gasteiger partial charge in [0.05, 0.1) is 11.0 Å². The van der Waals surface area contributed by atoms with Crippen LogP contribution in [0.3, 0.4) is 0 Å². The number of hydrogen-bond acceptors (Lipinski definition) is 2. The Kier molecular flexibility index (Phi) is 7.43. The molecule has 4 heteroatoms. The number of anilines is 2. The molecule has 0 saturated heterocycles. The maximum absolute atomic E-state index is 7.38. The van der Waals surface area contributed by atoms with Crippen molar-refractivity contribution in [3.05, 3.63) is 149 Å². The van der Waals surface area contributed by atoms with E-state index in [-0.39, 0.29) is 33.9 Å². The minimum Gasteiger partial charge on any atom is -0.455 e. The molecule has 65 heavy (non-hydrogen) atoms. The maximum atomic E-state index is 7.38. The molecule has 2 aromatic heterocycles. The van der Waals surface area contributed by atoms with Gasteiger partial charge < -0.3 is 13.8 Å². The number of furan rings is 1. The van der Waals surface area contributed by atoms with Gasteiger partial charge in [0.25, 0.3) is 0 Å². The van der Waals surface area contributed by atoms with Crippen LogP contribution in [0.15, 0.2) is 120 Å². The van der Waals surface area contributed by atoms with Crippen molar-refractivity contribution in [2.24, 2.45) is 0 Å². The Morgan fingerprint density at radius 2 is 1.20 bits per heavy atom. The number of hydrogen-bond donors (Lipinski definition) is 0. The van der Waals surface area contributed by atoms with Crippen molar-refractivity contribution in [2.45, 2.75) is 123 Å². The second-order valence-electron chi connectivity index (χ2n) is 24.0. The Morgan fingerprint density at radius 1 is 0.554 bits per heavy atom. The molecule has 0 N–H and O–H groups in total. The number of fused-ring (bicyclic) bond motifs is 17. The summed E-state index contributed by atoms with van der Waals surface area (Å²) in [6.45, 7) is 28.6. The first-order chi connectivity index (χ1) is 30.8. The summed E-state index contributed by atoms with van der Waals surface area (Å²) in [7, 11) is 0. The smallest absolute Gasteiger partial charge is 0.333 e. The van der Waals surface area contributed by atoms with E-state index in [2.05, 4.69) is 208 Å². The zero-order chi connectivity index (χ0) is 45.1. The molecule has 7 aromatic carbocycles. The first kappa shape index (κ1) is 39.4. The van der Waals surface area contributed by atoms with Gasteiger partial charge in [0.1, 0.15) is 11.2 Å². The maximum Gasteiger partial charge on any atom is 0.333 e. The van der Waals surface area contributed by atoms with E-state index in [1.807, 2.05) is 0 Å². The highest BCUT2D eigenvalue weighted by Gasteiger charge is 2.49. The van der Waals surface area contributed by atoms with Crippen LogP contribution >= 0.6 is 0 Å². The summed E-state index contributed by atoms with van der Waals surface area (Å²) in [4.78, 5) is 2.75. The summed E-state index contributed by atoms with van der Waals surface area (Å²) >= 11 is 0. The van der Waals surface area contributed by atoms with Crippen LogP contribution < -0.4 is 15.7 Å². The van der Waals surface area contributed by atoms with Crippen LogP contribution in [-0.4, -0.2) is 11.4 Å². The predicted molar refractivity (Wildman–Crippen MR) is 277 cm³/mol. The zero-order valence-electron chi connectivity index (χ0n) is 40.3. The lowest BCUT2D eigenvalue weighted by Crippen LogP contribution is -2.60. The molecule has 0 fully saturated rings. The average molecular weight is 847 g/mol. The second-order valence-corrected chi connectivity index (χ2v) is 24.0. The van der Waals surface area contributed by atoms with Gasteiger partial charge in [-0.3, -0.25) is 0 Å². The van der Waals surface area contributed by atoms with Gasteiger partial charge in [-0.25, -0.2) is 0 Å². The summed E-state index contributed by atoms with van der Waals surface area (Å²) in [6.07, 6.45) is 2.31. The molecule has 0 amide bonds. The van der Waals surface area contributed by atoms with E-state index in [4.69, 9.17) is 4.42 Å². The lowest BCUT2D eigenvalue weighted by molar-refractivity contribution is 0.332. The Balaban J connectivity index is 1.28. The lowest BCUT2D eigenvalue weighted by Gasteiger charge is -2.46. The van der Waals surface area contributed by atoms with Crippen molar-refractivity contribution in [1.82, 2.24) is 4.57 Å². The molecule has 3 nitrogen and oxygen atoms in total. The fourth-order valence-electron chi connectivity index (χ4n) is 12.9. The van der Waals surface area contributed by atoms with Crippen molar-refractivity contribution >= 4 is 72.9 Å². The van der Waals surface area contributed by atoms with Crippen LogP contribution in [0.1, 0.15) is 129 Å². The molecule has 4 aliphatic rings. The first-order valence-corrected chi connectivity index (χ1v) is 24.1. The van der Waals surface area contributed by atoms with Gasteiger partial charge in [0.2, 0.25) is 0 Å². The molecule has 322 valence electrons. The van der Waals surface area contributed by atoms with Gasteiger partial charge in [-0.2, -0.15) is 0 Å². The van der Waals surface area contributed by atoms with Gasteiger partial charge in [0, 0.05) is 55.1 Å². The molecular weight excluding hydrogens is 787 g/mol. The molecule has 0 bridgehead atoms. The fraction of sp³-hybridized carbons (Fsp3) is 0.311. The minimum atomic E-state index is -0.155. The third kappa shape index (κ3) is 5.04.